The molecule has 0 saturated heterocycles. The number of hydrogen-bond donors (Lipinski definition) is 1. The number of nitrogens with two attached hydrogens (primary N) is 1. The summed E-state index contributed by atoms with van der Waals surface area (Å²) in [6.45, 7) is 5.44. The van der Waals surface area contributed by atoms with Gasteiger partial charge in [-0.15, -0.1) is 5.10 Å². The average molecular weight is 283 g/mol. The largest absolute Gasteiger partial charge is 0.464 e. The SMILES string of the molecule is CCN(CC)C(=O)Cn1nnc(C(=O)OC)c1CCN. The highest BCUT2D eigenvalue weighted by atomic mass is 16.5. The fourth-order valence-electron chi connectivity index (χ4n) is 1.90. The summed E-state index contributed by atoms with van der Waals surface area (Å²) in [6, 6.07) is 0. The van der Waals surface area contributed by atoms with Crippen LogP contribution in [-0.4, -0.2) is 58.5 Å². The maximum absolute atomic E-state index is 12.1. The molecule has 2 N–H and O–H groups in total. The third-order valence-corrected chi connectivity index (χ3v) is 3.00. The monoisotopic (exact) mass is 283 g/mol. The van der Waals surface area contributed by atoms with Crippen LogP contribution in [0.25, 0.3) is 0 Å². The van der Waals surface area contributed by atoms with Crippen molar-refractivity contribution in [2.24, 2.45) is 5.73 Å². The zero-order valence-corrected chi connectivity index (χ0v) is 12.1. The van der Waals surface area contributed by atoms with Crippen LogP contribution in [0, 0.1) is 0 Å². The van der Waals surface area contributed by atoms with Crippen LogP contribution in [0.4, 0.5) is 0 Å². The number of methoxy groups -OCH3 is 1. The average Bonchev–Trinajstić information content (AvgIpc) is 2.83. The Kier molecular flexibility index (Phi) is 6.10. The van der Waals surface area contributed by atoms with Gasteiger partial charge in [0.15, 0.2) is 5.69 Å². The zero-order valence-electron chi connectivity index (χ0n) is 12.1. The molecule has 0 fully saturated rings. The number of nitrogens with zero attached hydrogens (tertiary/aromatic N) is 4. The highest BCUT2D eigenvalue weighted by molar-refractivity contribution is 5.88. The zero-order chi connectivity index (χ0) is 15.1. The first-order valence-electron chi connectivity index (χ1n) is 6.57. The van der Waals surface area contributed by atoms with E-state index in [2.05, 4.69) is 15.0 Å². The molecule has 0 aromatic carbocycles. The second-order valence-electron chi connectivity index (χ2n) is 4.14. The van der Waals surface area contributed by atoms with E-state index in [4.69, 9.17) is 5.73 Å². The second-order valence-corrected chi connectivity index (χ2v) is 4.14. The van der Waals surface area contributed by atoms with Crippen molar-refractivity contribution in [3.63, 3.8) is 0 Å². The lowest BCUT2D eigenvalue weighted by atomic mass is 10.2. The molecule has 0 radical (unpaired) electrons. The molecule has 8 heteroatoms. The summed E-state index contributed by atoms with van der Waals surface area (Å²) in [4.78, 5) is 25.3. The Balaban J connectivity index is 2.97. The van der Waals surface area contributed by atoms with E-state index in [1.165, 1.54) is 11.8 Å². The summed E-state index contributed by atoms with van der Waals surface area (Å²) in [6.07, 6.45) is 0.406. The van der Waals surface area contributed by atoms with Gasteiger partial charge in [0.25, 0.3) is 0 Å². The molecule has 1 amide bonds. The number of carbonyl (C=O) groups is 2. The summed E-state index contributed by atoms with van der Waals surface area (Å²) in [5, 5.41) is 7.64. The molecule has 8 nitrogen and oxygen atoms in total. The van der Waals surface area contributed by atoms with E-state index in [9.17, 15) is 9.59 Å². The number of aromatic nitrogens is 3. The molecule has 0 saturated carbocycles. The highest BCUT2D eigenvalue weighted by Crippen LogP contribution is 2.08. The van der Waals surface area contributed by atoms with E-state index >= 15 is 0 Å². The Bertz CT molecular complexity index is 468. The standard InChI is InChI=1S/C12H21N5O3/c1-4-16(5-2)10(18)8-17-9(6-7-13)11(14-15-17)12(19)20-3/h4-8,13H2,1-3H3. The van der Waals surface area contributed by atoms with Crippen LogP contribution in [0.2, 0.25) is 0 Å². The third kappa shape index (κ3) is 3.53. The van der Waals surface area contributed by atoms with Crippen molar-refractivity contribution < 1.29 is 14.3 Å². The Morgan fingerprint density at radius 2 is 2.00 bits per heavy atom. The number of amides is 1. The first kappa shape index (κ1) is 16.1. The lowest BCUT2D eigenvalue weighted by molar-refractivity contribution is -0.131. The maximum Gasteiger partial charge on any atom is 0.360 e. The van der Waals surface area contributed by atoms with Crippen LogP contribution in [-0.2, 0) is 22.5 Å². The van der Waals surface area contributed by atoms with E-state index in [1.54, 1.807) is 4.90 Å². The van der Waals surface area contributed by atoms with Crippen LogP contribution in [0.15, 0.2) is 0 Å². The van der Waals surface area contributed by atoms with Crippen LogP contribution in [0.1, 0.15) is 30.0 Å². The van der Waals surface area contributed by atoms with Gasteiger partial charge in [-0.1, -0.05) is 5.21 Å². The quantitative estimate of drug-likeness (QED) is 0.672. The van der Waals surface area contributed by atoms with Crippen molar-refractivity contribution >= 4 is 11.9 Å². The van der Waals surface area contributed by atoms with Gasteiger partial charge in [0.2, 0.25) is 5.91 Å². The van der Waals surface area contributed by atoms with Crippen molar-refractivity contribution in [1.82, 2.24) is 19.9 Å². The number of ether oxygens (including phenoxy) is 1. The molecular weight excluding hydrogens is 262 g/mol. The van der Waals surface area contributed by atoms with Crippen LogP contribution >= 0.6 is 0 Å². The molecule has 0 aliphatic heterocycles. The van der Waals surface area contributed by atoms with Gasteiger partial charge in [-0.25, -0.2) is 9.48 Å². The van der Waals surface area contributed by atoms with Gasteiger partial charge in [-0.05, 0) is 20.4 Å². The lowest BCUT2D eigenvalue weighted by Gasteiger charge is -2.18. The Morgan fingerprint density at radius 3 is 2.50 bits per heavy atom. The molecular formula is C12H21N5O3. The molecule has 0 aliphatic carbocycles. The smallest absolute Gasteiger partial charge is 0.360 e. The highest BCUT2D eigenvalue weighted by Gasteiger charge is 2.21. The molecule has 1 aromatic rings. The summed E-state index contributed by atoms with van der Waals surface area (Å²) in [7, 11) is 1.27. The van der Waals surface area contributed by atoms with Gasteiger partial charge in [0.05, 0.1) is 12.8 Å². The minimum Gasteiger partial charge on any atom is -0.464 e. The van der Waals surface area contributed by atoms with Gasteiger partial charge in [0.1, 0.15) is 6.54 Å². The number of rotatable bonds is 7. The van der Waals surface area contributed by atoms with Crippen molar-refractivity contribution in [2.45, 2.75) is 26.8 Å². The van der Waals surface area contributed by atoms with Gasteiger partial charge in [-0.2, -0.15) is 0 Å². The molecule has 112 valence electrons. The topological polar surface area (TPSA) is 103 Å². The van der Waals surface area contributed by atoms with Gasteiger partial charge >= 0.3 is 5.97 Å². The third-order valence-electron chi connectivity index (χ3n) is 3.00. The Labute approximate surface area is 117 Å². The number of carbonyl (C=O) groups excluding carboxylic acids is 2. The van der Waals surface area contributed by atoms with E-state index < -0.39 is 5.97 Å². The molecule has 0 unspecified atom stereocenters. The number of likely N-dealkylation sites (N-methyl/N-ethyl adjacent to an activating group) is 1. The second kappa shape index (κ2) is 7.59. The number of hydrogen-bond acceptors (Lipinski definition) is 6. The first-order chi connectivity index (χ1) is 9.58. The summed E-state index contributed by atoms with van der Waals surface area (Å²) < 4.78 is 6.06. The fourth-order valence-corrected chi connectivity index (χ4v) is 1.90. The molecule has 0 bridgehead atoms. The molecule has 0 aliphatic rings. The van der Waals surface area contributed by atoms with Crippen LogP contribution in [0.5, 0.6) is 0 Å². The van der Waals surface area contributed by atoms with E-state index in [-0.39, 0.29) is 18.1 Å². The Morgan fingerprint density at radius 1 is 1.35 bits per heavy atom. The summed E-state index contributed by atoms with van der Waals surface area (Å²) >= 11 is 0. The predicted octanol–water partition coefficient (Wildman–Crippen LogP) is -0.566. The molecule has 1 heterocycles. The van der Waals surface area contributed by atoms with Gasteiger partial charge < -0.3 is 15.4 Å². The normalized spacial score (nSPS) is 10.4. The predicted molar refractivity (Wildman–Crippen MR) is 72.0 cm³/mol. The lowest BCUT2D eigenvalue weighted by Crippen LogP contribution is -2.34. The molecule has 0 atom stereocenters. The minimum absolute atomic E-state index is 0.0427. The minimum atomic E-state index is -0.574. The van der Waals surface area contributed by atoms with Crippen molar-refractivity contribution in [3.05, 3.63) is 11.4 Å². The van der Waals surface area contributed by atoms with Crippen LogP contribution in [0.3, 0.4) is 0 Å². The molecule has 20 heavy (non-hydrogen) atoms. The fraction of sp³-hybridized carbons (Fsp3) is 0.667. The van der Waals surface area contributed by atoms with Gasteiger partial charge in [0, 0.05) is 19.5 Å². The molecule has 0 spiro atoms. The van der Waals surface area contributed by atoms with Crippen molar-refractivity contribution in [1.29, 1.82) is 0 Å². The number of esters is 1. The van der Waals surface area contributed by atoms with Crippen molar-refractivity contribution in [2.75, 3.05) is 26.7 Å². The van der Waals surface area contributed by atoms with Crippen LogP contribution < -0.4 is 5.73 Å². The summed E-state index contributed by atoms with van der Waals surface area (Å²) in [5.41, 5.74) is 6.17. The maximum atomic E-state index is 12.1. The molecule has 1 rings (SSSR count). The van der Waals surface area contributed by atoms with Gasteiger partial charge in [-0.3, -0.25) is 4.79 Å². The molecule has 1 aromatic heterocycles. The summed E-state index contributed by atoms with van der Waals surface area (Å²) in [5.74, 6) is -0.649. The van der Waals surface area contributed by atoms with E-state index in [0.717, 1.165) is 0 Å². The van der Waals surface area contributed by atoms with E-state index in [1.807, 2.05) is 13.8 Å². The van der Waals surface area contributed by atoms with Crippen molar-refractivity contribution in [3.8, 4) is 0 Å². The first-order valence-corrected chi connectivity index (χ1v) is 6.57. The van der Waals surface area contributed by atoms with E-state index in [0.29, 0.717) is 31.7 Å². The Hall–Kier alpha value is -1.96.